The summed E-state index contributed by atoms with van der Waals surface area (Å²) in [4.78, 5) is 14.1. The van der Waals surface area contributed by atoms with Crippen molar-refractivity contribution in [3.05, 3.63) is 27.2 Å². The number of nitrogens with one attached hydrogen (secondary N) is 1. The minimum Gasteiger partial charge on any atom is -0.396 e. The summed E-state index contributed by atoms with van der Waals surface area (Å²) >= 11 is 17.8. The number of nitrogens with zero attached hydrogens (tertiary/aromatic N) is 1. The highest BCUT2D eigenvalue weighted by Gasteiger charge is 2.20. The molecule has 0 radical (unpaired) electrons. The van der Waals surface area contributed by atoms with E-state index in [-0.39, 0.29) is 12.5 Å². The molecule has 0 aliphatic carbocycles. The van der Waals surface area contributed by atoms with Gasteiger partial charge in [0.05, 0.1) is 27.3 Å². The molecule has 4 nitrogen and oxygen atoms in total. The summed E-state index contributed by atoms with van der Waals surface area (Å²) in [5, 5.41) is 12.9. The summed E-state index contributed by atoms with van der Waals surface area (Å²) in [7, 11) is 0. The van der Waals surface area contributed by atoms with Gasteiger partial charge in [0, 0.05) is 6.61 Å². The van der Waals surface area contributed by atoms with Crippen LogP contribution in [-0.2, 0) is 4.79 Å². The van der Waals surface area contributed by atoms with E-state index in [4.69, 9.17) is 39.9 Å². The number of carbonyl (C=O) groups is 1. The Hall–Kier alpha value is -0.520. The quantitative estimate of drug-likeness (QED) is 0.819. The number of aliphatic hydroxyl groups is 1. The second-order valence-corrected chi connectivity index (χ2v) is 6.42. The Kier molecular flexibility index (Phi) is 6.14. The number of piperidine rings is 1. The van der Waals surface area contributed by atoms with E-state index in [0.29, 0.717) is 33.2 Å². The molecule has 0 aromatic heterocycles. The first-order chi connectivity index (χ1) is 9.99. The largest absolute Gasteiger partial charge is 0.396 e. The van der Waals surface area contributed by atoms with E-state index in [0.717, 1.165) is 25.9 Å². The summed E-state index contributed by atoms with van der Waals surface area (Å²) in [5.41, 5.74) is 0.460. The van der Waals surface area contributed by atoms with Crippen molar-refractivity contribution in [1.29, 1.82) is 0 Å². The predicted octanol–water partition coefficient (Wildman–Crippen LogP) is 3.29. The Labute approximate surface area is 139 Å². The Morgan fingerprint density at radius 2 is 1.81 bits per heavy atom. The zero-order chi connectivity index (χ0) is 15.4. The van der Waals surface area contributed by atoms with Crippen LogP contribution in [0.2, 0.25) is 15.1 Å². The minimum absolute atomic E-state index is 0.141. The number of amides is 1. The second kappa shape index (κ2) is 7.65. The van der Waals surface area contributed by atoms with Crippen LogP contribution in [0.4, 0.5) is 5.69 Å². The molecule has 7 heteroatoms. The average molecular weight is 352 g/mol. The molecule has 1 heterocycles. The molecule has 1 aromatic carbocycles. The zero-order valence-electron chi connectivity index (χ0n) is 11.4. The SMILES string of the molecule is O=C(CN1CCC(CO)CC1)Nc1cc(Cl)c(Cl)cc1Cl. The van der Waals surface area contributed by atoms with Crippen molar-refractivity contribution in [2.24, 2.45) is 5.92 Å². The van der Waals surface area contributed by atoms with Gasteiger partial charge in [-0.15, -0.1) is 0 Å². The van der Waals surface area contributed by atoms with E-state index >= 15 is 0 Å². The third-order valence-corrected chi connectivity index (χ3v) is 4.65. The van der Waals surface area contributed by atoms with Gasteiger partial charge >= 0.3 is 0 Å². The van der Waals surface area contributed by atoms with Gasteiger partial charge in [0.2, 0.25) is 5.91 Å². The first-order valence-electron chi connectivity index (χ1n) is 6.77. The van der Waals surface area contributed by atoms with Crippen LogP contribution in [0.5, 0.6) is 0 Å². The highest BCUT2D eigenvalue weighted by atomic mass is 35.5. The summed E-state index contributed by atoms with van der Waals surface area (Å²) in [5.74, 6) is 0.214. The lowest BCUT2D eigenvalue weighted by molar-refractivity contribution is -0.117. The molecule has 116 valence electrons. The first kappa shape index (κ1) is 16.8. The van der Waals surface area contributed by atoms with Crippen LogP contribution in [-0.4, -0.2) is 42.2 Å². The van der Waals surface area contributed by atoms with Crippen molar-refractivity contribution in [1.82, 2.24) is 4.90 Å². The number of aliphatic hydroxyl groups excluding tert-OH is 1. The normalized spacial score (nSPS) is 17.0. The van der Waals surface area contributed by atoms with Gasteiger partial charge in [-0.25, -0.2) is 0 Å². The maximum atomic E-state index is 12.0. The fourth-order valence-electron chi connectivity index (χ4n) is 2.34. The molecule has 21 heavy (non-hydrogen) atoms. The van der Waals surface area contributed by atoms with Crippen LogP contribution in [0.25, 0.3) is 0 Å². The number of hydrogen-bond acceptors (Lipinski definition) is 3. The number of halogens is 3. The molecule has 1 amide bonds. The lowest BCUT2D eigenvalue weighted by Crippen LogP contribution is -2.39. The van der Waals surface area contributed by atoms with E-state index < -0.39 is 0 Å². The standard InChI is InChI=1S/C14H17Cl3N2O2/c15-10-5-12(17)13(6-11(10)16)18-14(21)7-19-3-1-9(8-20)2-4-19/h5-6,9,20H,1-4,7-8H2,(H,18,21). The molecule has 2 rings (SSSR count). The van der Waals surface area contributed by atoms with Gasteiger partial charge in [0.15, 0.2) is 0 Å². The van der Waals surface area contributed by atoms with Crippen molar-refractivity contribution in [3.8, 4) is 0 Å². The van der Waals surface area contributed by atoms with Crippen molar-refractivity contribution < 1.29 is 9.90 Å². The molecular formula is C14H17Cl3N2O2. The second-order valence-electron chi connectivity index (χ2n) is 5.20. The highest BCUT2D eigenvalue weighted by molar-refractivity contribution is 6.44. The van der Waals surface area contributed by atoms with Crippen LogP contribution in [0.15, 0.2) is 12.1 Å². The highest BCUT2D eigenvalue weighted by Crippen LogP contribution is 2.32. The fraction of sp³-hybridized carbons (Fsp3) is 0.500. The number of anilines is 1. The molecule has 1 saturated heterocycles. The number of hydrogen-bond donors (Lipinski definition) is 2. The molecule has 0 unspecified atom stereocenters. The number of likely N-dealkylation sites (tertiary alicyclic amines) is 1. The third kappa shape index (κ3) is 4.73. The smallest absolute Gasteiger partial charge is 0.238 e. The van der Waals surface area contributed by atoms with Crippen LogP contribution in [0.3, 0.4) is 0 Å². The third-order valence-electron chi connectivity index (χ3n) is 3.62. The average Bonchev–Trinajstić information content (AvgIpc) is 2.45. The molecule has 1 fully saturated rings. The molecule has 0 saturated carbocycles. The summed E-state index contributed by atoms with van der Waals surface area (Å²) < 4.78 is 0. The van der Waals surface area contributed by atoms with Crippen LogP contribution in [0.1, 0.15) is 12.8 Å². The van der Waals surface area contributed by atoms with Gasteiger partial charge in [-0.2, -0.15) is 0 Å². The molecule has 0 atom stereocenters. The van der Waals surface area contributed by atoms with E-state index in [1.807, 2.05) is 0 Å². The summed E-state index contributed by atoms with van der Waals surface area (Å²) in [6.45, 7) is 2.15. The van der Waals surface area contributed by atoms with Gasteiger partial charge in [0.25, 0.3) is 0 Å². The van der Waals surface area contributed by atoms with Gasteiger partial charge in [-0.05, 0) is 44.0 Å². The Morgan fingerprint density at radius 1 is 1.19 bits per heavy atom. The molecular weight excluding hydrogens is 335 g/mol. The van der Waals surface area contributed by atoms with Gasteiger partial charge in [-0.1, -0.05) is 34.8 Å². The van der Waals surface area contributed by atoms with Crippen LogP contribution in [0, 0.1) is 5.92 Å². The number of benzene rings is 1. The lowest BCUT2D eigenvalue weighted by Gasteiger charge is -2.30. The predicted molar refractivity (Wildman–Crippen MR) is 86.4 cm³/mol. The van der Waals surface area contributed by atoms with E-state index in [1.165, 1.54) is 6.07 Å². The van der Waals surface area contributed by atoms with E-state index in [1.54, 1.807) is 6.07 Å². The Balaban J connectivity index is 1.89. The Bertz CT molecular complexity index is 517. The summed E-state index contributed by atoms with van der Waals surface area (Å²) in [6.07, 6.45) is 1.83. The molecule has 0 spiro atoms. The fourth-order valence-corrected chi connectivity index (χ4v) is 2.93. The lowest BCUT2D eigenvalue weighted by atomic mass is 9.98. The van der Waals surface area contributed by atoms with E-state index in [2.05, 4.69) is 10.2 Å². The summed E-state index contributed by atoms with van der Waals surface area (Å²) in [6, 6.07) is 3.05. The molecule has 1 aromatic rings. The Morgan fingerprint density at radius 3 is 2.43 bits per heavy atom. The van der Waals surface area contributed by atoms with Crippen LogP contribution < -0.4 is 5.32 Å². The van der Waals surface area contributed by atoms with Gasteiger partial charge in [-0.3, -0.25) is 9.69 Å². The van der Waals surface area contributed by atoms with E-state index in [9.17, 15) is 4.79 Å². The maximum Gasteiger partial charge on any atom is 0.238 e. The number of rotatable bonds is 4. The minimum atomic E-state index is -0.141. The number of carbonyl (C=O) groups excluding carboxylic acids is 1. The zero-order valence-corrected chi connectivity index (χ0v) is 13.7. The molecule has 1 aliphatic rings. The monoisotopic (exact) mass is 350 g/mol. The van der Waals surface area contributed by atoms with Crippen molar-refractivity contribution in [3.63, 3.8) is 0 Å². The molecule has 1 aliphatic heterocycles. The van der Waals surface area contributed by atoms with Crippen molar-refractivity contribution in [2.45, 2.75) is 12.8 Å². The van der Waals surface area contributed by atoms with Crippen LogP contribution >= 0.6 is 34.8 Å². The maximum absolute atomic E-state index is 12.0. The van der Waals surface area contributed by atoms with Gasteiger partial charge in [0.1, 0.15) is 0 Å². The van der Waals surface area contributed by atoms with Gasteiger partial charge < -0.3 is 10.4 Å². The molecule has 2 N–H and O–H groups in total. The topological polar surface area (TPSA) is 52.6 Å². The van der Waals surface area contributed by atoms with Crippen molar-refractivity contribution >= 4 is 46.4 Å². The molecule has 0 bridgehead atoms. The first-order valence-corrected chi connectivity index (χ1v) is 7.90. The van der Waals surface area contributed by atoms with Crippen molar-refractivity contribution in [2.75, 3.05) is 31.6 Å².